The number of anilines is 2. The van der Waals surface area contributed by atoms with Crippen molar-refractivity contribution in [2.45, 2.75) is 25.4 Å². The van der Waals surface area contributed by atoms with Crippen molar-refractivity contribution in [3.63, 3.8) is 0 Å². The van der Waals surface area contributed by atoms with Crippen LogP contribution in [-0.4, -0.2) is 54.0 Å². The number of aromatic amines is 1. The largest absolute Gasteiger partial charge is 0.481 e. The van der Waals surface area contributed by atoms with Crippen LogP contribution in [0.1, 0.15) is 30.2 Å². The molecule has 166 valence electrons. The molecule has 1 aromatic carbocycles. The van der Waals surface area contributed by atoms with Crippen molar-refractivity contribution in [1.29, 1.82) is 0 Å². The Morgan fingerprint density at radius 2 is 1.91 bits per heavy atom. The zero-order valence-electron chi connectivity index (χ0n) is 17.4. The number of nitrogens with one attached hydrogen (secondary N) is 3. The summed E-state index contributed by atoms with van der Waals surface area (Å²) < 4.78 is 7.35. The molecule has 1 amide bonds. The van der Waals surface area contributed by atoms with E-state index in [9.17, 15) is 24.3 Å². The average Bonchev–Trinajstić information content (AvgIpc) is 2.77. The van der Waals surface area contributed by atoms with E-state index in [4.69, 9.17) is 12.2 Å². The molecule has 0 saturated heterocycles. The number of hydrogen-bond acceptors (Lipinski definition) is 9. The minimum absolute atomic E-state index is 0.0429. The van der Waals surface area contributed by atoms with Gasteiger partial charge in [0.05, 0.1) is 18.4 Å². The summed E-state index contributed by atoms with van der Waals surface area (Å²) >= 11 is 0. The molecule has 13 heteroatoms. The Labute approximate surface area is 181 Å². The van der Waals surface area contributed by atoms with Crippen LogP contribution in [0.3, 0.4) is 0 Å². The molecule has 32 heavy (non-hydrogen) atoms. The van der Waals surface area contributed by atoms with Crippen LogP contribution < -0.4 is 21.9 Å². The summed E-state index contributed by atoms with van der Waals surface area (Å²) in [6, 6.07) is 4.50. The summed E-state index contributed by atoms with van der Waals surface area (Å²) in [5.74, 6) is -3.70. The first-order valence-corrected chi connectivity index (χ1v) is 9.18. The number of nitrogen functional groups attached to an aromatic ring is 1. The van der Waals surface area contributed by atoms with Crippen molar-refractivity contribution >= 4 is 40.6 Å². The van der Waals surface area contributed by atoms with Crippen molar-refractivity contribution in [3.8, 4) is 0 Å². The smallest absolute Gasteiger partial charge is 0.326 e. The average molecular weight is 443 g/mol. The Morgan fingerprint density at radius 3 is 2.56 bits per heavy atom. The van der Waals surface area contributed by atoms with Crippen LogP contribution in [0.2, 0.25) is 0 Å². The maximum Gasteiger partial charge on any atom is 0.326 e. The minimum atomic E-state index is -1.68. The third-order valence-corrected chi connectivity index (χ3v) is 4.24. The molecule has 13 nitrogen and oxygen atoms in total. The molecule has 0 aliphatic heterocycles. The van der Waals surface area contributed by atoms with E-state index in [1.54, 1.807) is 12.1 Å². The number of nitrogens with zero attached hydrogens (tertiary/aromatic N) is 3. The number of rotatable bonds is 9. The lowest BCUT2D eigenvalue weighted by Crippen LogP contribution is -2.41. The van der Waals surface area contributed by atoms with Crippen LogP contribution in [-0.2, 0) is 16.1 Å². The van der Waals surface area contributed by atoms with Crippen LogP contribution in [0.25, 0.3) is 11.2 Å². The van der Waals surface area contributed by atoms with Gasteiger partial charge in [-0.15, -0.1) is 0 Å². The molecular weight excluding hydrogens is 422 g/mol. The topological polar surface area (TPSA) is 213 Å². The fraction of sp³-hybridized carbons (Fsp3) is 0.211. The number of nitrogens with two attached hydrogens (primary N) is 1. The lowest BCUT2D eigenvalue weighted by molar-refractivity contribution is -0.140. The van der Waals surface area contributed by atoms with E-state index in [1.807, 2.05) is 0 Å². The molecule has 0 aliphatic rings. The van der Waals surface area contributed by atoms with Crippen molar-refractivity contribution < 1.29 is 26.0 Å². The molecule has 0 aliphatic carbocycles. The van der Waals surface area contributed by atoms with E-state index < -0.39 is 42.3 Å². The van der Waals surface area contributed by atoms with E-state index >= 15 is 0 Å². The lowest BCUT2D eigenvalue weighted by Gasteiger charge is -2.14. The van der Waals surface area contributed by atoms with Crippen LogP contribution >= 0.6 is 0 Å². The molecule has 0 saturated carbocycles. The van der Waals surface area contributed by atoms with Gasteiger partial charge in [-0.25, -0.2) is 14.8 Å². The number of carboxylic acids is 2. The summed E-state index contributed by atoms with van der Waals surface area (Å²) in [6.45, 7) is 0.208. The lowest BCUT2D eigenvalue weighted by atomic mass is 10.1. The summed E-state index contributed by atoms with van der Waals surface area (Å²) in [4.78, 5) is 60.8. The van der Waals surface area contributed by atoms with Crippen LogP contribution in [0, 0.1) is 0 Å². The molecular formula is C19H19N7O6. The number of carbonyl (C=O) groups excluding carboxylic acids is 1. The van der Waals surface area contributed by atoms with Gasteiger partial charge in [-0.1, -0.05) is 0 Å². The Bertz CT molecular complexity index is 1260. The second kappa shape index (κ2) is 9.51. The zero-order valence-corrected chi connectivity index (χ0v) is 16.4. The second-order valence-corrected chi connectivity index (χ2v) is 6.56. The molecule has 0 radical (unpaired) electrons. The summed E-state index contributed by atoms with van der Waals surface area (Å²) in [6.07, 6.45) is -0.820. The number of carboxylic acid groups (broad SMARTS) is 2. The summed E-state index contributed by atoms with van der Waals surface area (Å²) in [7, 11) is 0. The molecule has 2 unspecified atom stereocenters. The molecule has 0 spiro atoms. The predicted octanol–water partition coefficient (Wildman–Crippen LogP) is -0.0448. The Kier molecular flexibility index (Phi) is 6.15. The fourth-order valence-electron chi connectivity index (χ4n) is 2.67. The van der Waals surface area contributed by atoms with Gasteiger partial charge >= 0.3 is 11.9 Å². The standard InChI is InChI=1S/C19H19N7O6/c20-19-25-15-14(17(30)26-19)23-11(8-22-15)7-21-10-3-1-9(2-4-10)16(29)24-12(18(31)32)5-6-13(27)28/h1-4,8,12,21H,5-7H2,(H,24,29)(H,27,28)(H,31,32)(H3,20,22,25,26,30)/i6T. The van der Waals surface area contributed by atoms with Gasteiger partial charge in [0, 0.05) is 19.0 Å². The number of fused-ring (bicyclic) bond motifs is 1. The highest BCUT2D eigenvalue weighted by Crippen LogP contribution is 2.12. The van der Waals surface area contributed by atoms with Gasteiger partial charge in [0.2, 0.25) is 5.95 Å². The summed E-state index contributed by atoms with van der Waals surface area (Å²) in [5.41, 5.74) is 6.32. The molecule has 3 aromatic rings. The number of aliphatic carboxylic acids is 2. The van der Waals surface area contributed by atoms with Gasteiger partial charge < -0.3 is 26.6 Å². The first kappa shape index (κ1) is 20.7. The predicted molar refractivity (Wildman–Crippen MR) is 112 cm³/mol. The Hall–Kier alpha value is -4.55. The number of carbonyl (C=O) groups is 3. The fourth-order valence-corrected chi connectivity index (χ4v) is 2.67. The van der Waals surface area contributed by atoms with Gasteiger partial charge in [0.15, 0.2) is 11.2 Å². The Morgan fingerprint density at radius 1 is 1.19 bits per heavy atom. The number of H-pyrrole nitrogens is 1. The van der Waals surface area contributed by atoms with E-state index in [-0.39, 0.29) is 29.2 Å². The maximum absolute atomic E-state index is 12.3. The third-order valence-electron chi connectivity index (χ3n) is 4.24. The molecule has 2 aromatic heterocycles. The number of amides is 1. The van der Waals surface area contributed by atoms with Crippen molar-refractivity contribution in [3.05, 3.63) is 52.1 Å². The Balaban J connectivity index is 1.63. The quantitative estimate of drug-likeness (QED) is 0.258. The minimum Gasteiger partial charge on any atom is -0.481 e. The molecule has 0 fully saturated rings. The normalized spacial score (nSPS) is 13.1. The van der Waals surface area contributed by atoms with E-state index in [2.05, 4.69) is 30.6 Å². The van der Waals surface area contributed by atoms with Crippen LogP contribution in [0.15, 0.2) is 35.3 Å². The van der Waals surface area contributed by atoms with Crippen molar-refractivity contribution in [1.82, 2.24) is 25.3 Å². The number of aromatic nitrogens is 4. The summed E-state index contributed by atoms with van der Waals surface area (Å²) in [5, 5.41) is 23.2. The van der Waals surface area contributed by atoms with Gasteiger partial charge in [-0.3, -0.25) is 19.4 Å². The van der Waals surface area contributed by atoms with E-state index in [0.29, 0.717) is 11.4 Å². The van der Waals surface area contributed by atoms with Crippen molar-refractivity contribution in [2.75, 3.05) is 11.1 Å². The second-order valence-electron chi connectivity index (χ2n) is 6.56. The molecule has 2 heterocycles. The maximum atomic E-state index is 12.3. The number of hydrogen-bond donors (Lipinski definition) is 6. The first-order valence-electron chi connectivity index (χ1n) is 9.76. The van der Waals surface area contributed by atoms with E-state index in [0.717, 1.165) is 0 Å². The van der Waals surface area contributed by atoms with Gasteiger partial charge in [0.25, 0.3) is 11.5 Å². The first-order chi connectivity index (χ1) is 15.6. The van der Waals surface area contributed by atoms with Crippen molar-refractivity contribution in [2.24, 2.45) is 0 Å². The highest BCUT2D eigenvalue weighted by atomic mass is 16.4. The SMILES string of the molecule is [3H]C(CC(NC(=O)c1ccc(NCc2cnc3nc(N)[nH]c(=O)c3n2)cc1)C(=O)O)C(=O)O. The van der Waals surface area contributed by atoms with Gasteiger partial charge in [-0.05, 0) is 30.7 Å². The third kappa shape index (κ3) is 5.53. The number of benzene rings is 1. The molecule has 3 rings (SSSR count). The highest BCUT2D eigenvalue weighted by molar-refractivity contribution is 5.96. The monoisotopic (exact) mass is 443 g/mol. The molecule has 0 bridgehead atoms. The van der Waals surface area contributed by atoms with Gasteiger partial charge in [-0.2, -0.15) is 4.98 Å². The highest BCUT2D eigenvalue weighted by Gasteiger charge is 2.21. The van der Waals surface area contributed by atoms with E-state index in [1.165, 1.54) is 18.3 Å². The van der Waals surface area contributed by atoms with Gasteiger partial charge in [0.1, 0.15) is 6.04 Å². The molecule has 7 N–H and O–H groups in total. The van der Waals surface area contributed by atoms with Crippen LogP contribution in [0.4, 0.5) is 11.6 Å². The zero-order chi connectivity index (χ0) is 24.1. The molecule has 2 atom stereocenters. The van der Waals surface area contributed by atoms with Crippen LogP contribution in [0.5, 0.6) is 0 Å².